The number of hydrogen-bond acceptors (Lipinski definition) is 3. The Morgan fingerprint density at radius 1 is 1.20 bits per heavy atom. The maximum Gasteiger partial charge on any atom is 0.334 e. The predicted molar refractivity (Wildman–Crippen MR) is 77.1 cm³/mol. The molecule has 0 fully saturated rings. The van der Waals surface area contributed by atoms with E-state index in [1.165, 1.54) is 16.7 Å². The fraction of sp³-hybridized carbons (Fsp3) is 0.267. The van der Waals surface area contributed by atoms with Crippen molar-refractivity contribution in [2.75, 3.05) is 0 Å². The number of aryl methyl sites for hydroxylation is 3. The molecule has 0 amide bonds. The van der Waals surface area contributed by atoms with E-state index in [0.29, 0.717) is 6.54 Å². The van der Waals surface area contributed by atoms with Crippen LogP contribution in [0.15, 0.2) is 35.3 Å². The average molecular weight is 272 g/mol. The van der Waals surface area contributed by atoms with E-state index < -0.39 is 16.2 Å². The maximum absolute atomic E-state index is 12.0. The second-order valence-electron chi connectivity index (χ2n) is 4.96. The van der Waals surface area contributed by atoms with Gasteiger partial charge in [0.15, 0.2) is 0 Å². The molecule has 1 aromatic carbocycles. The molecule has 0 radical (unpaired) electrons. The SMILES string of the molecule is Cc1cc(C)c(Cn2cccc([N+](=O)[O-])c2=O)c(C)c1. The van der Waals surface area contributed by atoms with Crippen molar-refractivity contribution in [2.45, 2.75) is 27.3 Å². The molecule has 2 rings (SSSR count). The quantitative estimate of drug-likeness (QED) is 0.637. The smallest absolute Gasteiger partial charge is 0.305 e. The molecule has 0 saturated carbocycles. The summed E-state index contributed by atoms with van der Waals surface area (Å²) in [5.74, 6) is 0. The summed E-state index contributed by atoms with van der Waals surface area (Å²) < 4.78 is 1.38. The molecule has 1 aromatic heterocycles. The van der Waals surface area contributed by atoms with Crippen LogP contribution in [0, 0.1) is 30.9 Å². The van der Waals surface area contributed by atoms with Crippen molar-refractivity contribution in [3.8, 4) is 0 Å². The highest BCUT2D eigenvalue weighted by Gasteiger charge is 2.14. The van der Waals surface area contributed by atoms with Gasteiger partial charge in [0, 0.05) is 12.3 Å². The topological polar surface area (TPSA) is 65.1 Å². The highest BCUT2D eigenvalue weighted by molar-refractivity contribution is 5.38. The third-order valence-electron chi connectivity index (χ3n) is 3.37. The normalized spacial score (nSPS) is 10.6. The molecule has 0 bridgehead atoms. The number of aromatic nitrogens is 1. The minimum Gasteiger partial charge on any atom is -0.305 e. The standard InChI is InChI=1S/C15H16N2O3/c1-10-7-11(2)13(12(3)8-10)9-16-6-4-5-14(15(16)18)17(19)20/h4-8H,9H2,1-3H3. The summed E-state index contributed by atoms with van der Waals surface area (Å²) in [5.41, 5.74) is 3.39. The Morgan fingerprint density at radius 2 is 1.80 bits per heavy atom. The van der Waals surface area contributed by atoms with Crippen molar-refractivity contribution in [1.82, 2.24) is 4.57 Å². The Bertz CT molecular complexity index is 709. The first-order valence-corrected chi connectivity index (χ1v) is 6.30. The van der Waals surface area contributed by atoms with Gasteiger partial charge in [-0.15, -0.1) is 0 Å². The van der Waals surface area contributed by atoms with Gasteiger partial charge in [-0.25, -0.2) is 0 Å². The molecule has 5 heteroatoms. The van der Waals surface area contributed by atoms with Crippen LogP contribution in [-0.2, 0) is 6.54 Å². The minimum absolute atomic E-state index is 0.346. The maximum atomic E-state index is 12.0. The van der Waals surface area contributed by atoms with Crippen LogP contribution in [0.25, 0.3) is 0 Å². The Labute approximate surface area is 116 Å². The Kier molecular flexibility index (Phi) is 3.70. The summed E-state index contributed by atoms with van der Waals surface area (Å²) in [6.45, 7) is 6.33. The summed E-state index contributed by atoms with van der Waals surface area (Å²) in [4.78, 5) is 22.2. The number of benzene rings is 1. The Hall–Kier alpha value is -2.43. The molecule has 0 aliphatic rings. The summed E-state index contributed by atoms with van der Waals surface area (Å²) >= 11 is 0. The van der Waals surface area contributed by atoms with Crippen molar-refractivity contribution in [2.24, 2.45) is 0 Å². The summed E-state index contributed by atoms with van der Waals surface area (Å²) in [6, 6.07) is 6.85. The minimum atomic E-state index is -0.645. The lowest BCUT2D eigenvalue weighted by atomic mass is 10.00. The number of hydrogen-bond donors (Lipinski definition) is 0. The number of nitrogens with zero attached hydrogens (tertiary/aromatic N) is 2. The van der Waals surface area contributed by atoms with E-state index in [1.54, 1.807) is 6.20 Å². The van der Waals surface area contributed by atoms with Gasteiger partial charge in [0.05, 0.1) is 11.5 Å². The van der Waals surface area contributed by atoms with E-state index in [0.717, 1.165) is 22.3 Å². The zero-order chi connectivity index (χ0) is 14.9. The number of pyridine rings is 1. The number of nitro groups is 1. The largest absolute Gasteiger partial charge is 0.334 e. The molecule has 2 aromatic rings. The second kappa shape index (κ2) is 5.28. The fourth-order valence-electron chi connectivity index (χ4n) is 2.42. The van der Waals surface area contributed by atoms with Crippen LogP contribution in [0.4, 0.5) is 5.69 Å². The van der Waals surface area contributed by atoms with E-state index in [9.17, 15) is 14.9 Å². The summed E-state index contributed by atoms with van der Waals surface area (Å²) in [6.07, 6.45) is 1.58. The fourth-order valence-corrected chi connectivity index (χ4v) is 2.42. The van der Waals surface area contributed by atoms with Gasteiger partial charge in [0.2, 0.25) is 0 Å². The molecule has 5 nitrogen and oxygen atoms in total. The Morgan fingerprint density at radius 3 is 2.35 bits per heavy atom. The van der Waals surface area contributed by atoms with E-state index in [4.69, 9.17) is 0 Å². The lowest BCUT2D eigenvalue weighted by molar-refractivity contribution is -0.386. The third-order valence-corrected chi connectivity index (χ3v) is 3.37. The van der Waals surface area contributed by atoms with Crippen LogP contribution in [-0.4, -0.2) is 9.49 Å². The first kappa shape index (κ1) is 14.0. The molecular formula is C15H16N2O3. The van der Waals surface area contributed by atoms with Crippen molar-refractivity contribution >= 4 is 5.69 Å². The van der Waals surface area contributed by atoms with Crippen molar-refractivity contribution in [1.29, 1.82) is 0 Å². The van der Waals surface area contributed by atoms with Crippen LogP contribution in [0.2, 0.25) is 0 Å². The molecule has 104 valence electrons. The Balaban J connectivity index is 2.49. The molecule has 0 spiro atoms. The van der Waals surface area contributed by atoms with Gasteiger partial charge >= 0.3 is 11.2 Å². The zero-order valence-electron chi connectivity index (χ0n) is 11.7. The van der Waals surface area contributed by atoms with E-state index >= 15 is 0 Å². The molecule has 0 unspecified atom stereocenters. The highest BCUT2D eigenvalue weighted by atomic mass is 16.6. The van der Waals surface area contributed by atoms with Crippen molar-refractivity contribution in [3.63, 3.8) is 0 Å². The van der Waals surface area contributed by atoms with Crippen LogP contribution < -0.4 is 5.56 Å². The monoisotopic (exact) mass is 272 g/mol. The van der Waals surface area contributed by atoms with Crippen LogP contribution in [0.3, 0.4) is 0 Å². The van der Waals surface area contributed by atoms with E-state index in [-0.39, 0.29) is 0 Å². The van der Waals surface area contributed by atoms with Gasteiger partial charge in [0.25, 0.3) is 0 Å². The van der Waals surface area contributed by atoms with Gasteiger partial charge in [-0.3, -0.25) is 14.9 Å². The average Bonchev–Trinajstić information content (AvgIpc) is 2.35. The number of rotatable bonds is 3. The highest BCUT2D eigenvalue weighted by Crippen LogP contribution is 2.17. The van der Waals surface area contributed by atoms with Crippen LogP contribution in [0.5, 0.6) is 0 Å². The molecule has 0 aliphatic carbocycles. The third kappa shape index (κ3) is 2.61. The van der Waals surface area contributed by atoms with E-state index in [1.807, 2.05) is 32.9 Å². The van der Waals surface area contributed by atoms with E-state index in [2.05, 4.69) is 0 Å². The van der Waals surface area contributed by atoms with Crippen LogP contribution >= 0.6 is 0 Å². The van der Waals surface area contributed by atoms with Gasteiger partial charge in [-0.05, 0) is 43.5 Å². The molecular weight excluding hydrogens is 256 g/mol. The zero-order valence-corrected chi connectivity index (χ0v) is 11.7. The van der Waals surface area contributed by atoms with Gasteiger partial charge in [-0.1, -0.05) is 17.7 Å². The van der Waals surface area contributed by atoms with Crippen LogP contribution in [0.1, 0.15) is 22.3 Å². The van der Waals surface area contributed by atoms with Gasteiger partial charge in [0.1, 0.15) is 0 Å². The van der Waals surface area contributed by atoms with Crippen molar-refractivity contribution < 1.29 is 4.92 Å². The lowest BCUT2D eigenvalue weighted by Crippen LogP contribution is -2.23. The lowest BCUT2D eigenvalue weighted by Gasteiger charge is -2.12. The first-order chi connectivity index (χ1) is 9.40. The molecule has 1 heterocycles. The molecule has 0 aliphatic heterocycles. The predicted octanol–water partition coefficient (Wildman–Crippen LogP) is 2.73. The molecule has 20 heavy (non-hydrogen) atoms. The molecule has 0 saturated heterocycles. The summed E-state index contributed by atoms with van der Waals surface area (Å²) in [7, 11) is 0. The molecule has 0 atom stereocenters. The van der Waals surface area contributed by atoms with Gasteiger partial charge in [-0.2, -0.15) is 0 Å². The second-order valence-corrected chi connectivity index (χ2v) is 4.96. The first-order valence-electron chi connectivity index (χ1n) is 6.30. The van der Waals surface area contributed by atoms with Crippen molar-refractivity contribution in [3.05, 3.63) is 73.2 Å². The summed E-state index contributed by atoms with van der Waals surface area (Å²) in [5, 5.41) is 10.8. The van der Waals surface area contributed by atoms with Gasteiger partial charge < -0.3 is 4.57 Å². The molecule has 0 N–H and O–H groups in total.